The van der Waals surface area contributed by atoms with Crippen LogP contribution in [-0.2, 0) is 0 Å². The fraction of sp³-hybridized carbons (Fsp3) is 0.375. The van der Waals surface area contributed by atoms with E-state index in [4.69, 9.17) is 0 Å². The smallest absolute Gasteiger partial charge is 0.303 e. The number of aromatic nitrogens is 2. The number of aromatic amines is 1. The van der Waals surface area contributed by atoms with Gasteiger partial charge in [0.25, 0.3) is 0 Å². The van der Waals surface area contributed by atoms with Gasteiger partial charge < -0.3 is 5.32 Å². The second-order valence-corrected chi connectivity index (χ2v) is 3.02. The summed E-state index contributed by atoms with van der Waals surface area (Å²) in [5, 5.41) is 9.15. The van der Waals surface area contributed by atoms with Crippen molar-refractivity contribution in [1.29, 1.82) is 0 Å². The molecule has 5 nitrogen and oxygen atoms in total. The van der Waals surface area contributed by atoms with E-state index in [-0.39, 0.29) is 6.03 Å². The third-order valence-electron chi connectivity index (χ3n) is 1.80. The van der Waals surface area contributed by atoms with E-state index in [0.717, 1.165) is 24.2 Å². The Morgan fingerprint density at radius 3 is 3.00 bits per heavy atom. The monoisotopic (exact) mass is 178 g/mol. The quantitative estimate of drug-likeness (QED) is 0.683. The summed E-state index contributed by atoms with van der Waals surface area (Å²) in [4.78, 5) is 15.0. The Kier molecular flexibility index (Phi) is 1.84. The first kappa shape index (κ1) is 7.97. The van der Waals surface area contributed by atoms with E-state index >= 15 is 0 Å². The lowest BCUT2D eigenvalue weighted by atomic mass is 10.4. The highest BCUT2D eigenvalue weighted by Gasteiger charge is 2.15. The molecule has 13 heavy (non-hydrogen) atoms. The van der Waals surface area contributed by atoms with Gasteiger partial charge in [0.15, 0.2) is 0 Å². The second kappa shape index (κ2) is 3.01. The van der Waals surface area contributed by atoms with Crippen molar-refractivity contribution in [1.82, 2.24) is 10.2 Å². The number of hydrogen-bond acceptors (Lipinski definition) is 2. The molecular weight excluding hydrogens is 168 g/mol. The topological polar surface area (TPSA) is 70.1 Å². The lowest BCUT2D eigenvalue weighted by Gasteiger charge is -1.96. The molecule has 2 amide bonds. The Labute approximate surface area is 75.3 Å². The molecule has 0 atom stereocenters. The van der Waals surface area contributed by atoms with Gasteiger partial charge in [-0.2, -0.15) is 5.10 Å². The summed E-state index contributed by atoms with van der Waals surface area (Å²) < 4.78 is 0. The molecule has 1 aromatic rings. The highest BCUT2D eigenvalue weighted by molar-refractivity contribution is 6.07. The molecule has 2 N–H and O–H groups in total. The van der Waals surface area contributed by atoms with Crippen LogP contribution in [0, 0.1) is 6.92 Å². The fourth-order valence-corrected chi connectivity index (χ4v) is 0.931. The van der Waals surface area contributed by atoms with Crippen LogP contribution in [0.25, 0.3) is 0 Å². The molecule has 0 unspecified atom stereocenters. The van der Waals surface area contributed by atoms with Crippen molar-refractivity contribution in [3.05, 3.63) is 11.9 Å². The second-order valence-electron chi connectivity index (χ2n) is 3.02. The third kappa shape index (κ3) is 1.93. The van der Waals surface area contributed by atoms with Crippen LogP contribution >= 0.6 is 0 Å². The molecule has 0 saturated heterocycles. The number of H-pyrrole nitrogens is 1. The molecule has 68 valence electrons. The van der Waals surface area contributed by atoms with Crippen LogP contribution in [0.3, 0.4) is 0 Å². The summed E-state index contributed by atoms with van der Waals surface area (Å²) in [5.74, 6) is 0. The largest absolute Gasteiger partial charge is 0.345 e. The fourth-order valence-electron chi connectivity index (χ4n) is 0.931. The lowest BCUT2D eigenvalue weighted by Crippen LogP contribution is -2.06. The molecule has 1 saturated carbocycles. The van der Waals surface area contributed by atoms with Crippen LogP contribution in [0.5, 0.6) is 0 Å². The van der Waals surface area contributed by atoms with E-state index in [1.165, 1.54) is 0 Å². The number of hydrogen-bond donors (Lipinski definition) is 2. The predicted octanol–water partition coefficient (Wildman–Crippen LogP) is 1.48. The molecular formula is C8H10N4O. The van der Waals surface area contributed by atoms with Crippen LogP contribution in [0.1, 0.15) is 18.5 Å². The van der Waals surface area contributed by atoms with E-state index in [2.05, 4.69) is 20.5 Å². The number of carbonyl (C=O) groups excluding carboxylic acids is 1. The van der Waals surface area contributed by atoms with Crippen LogP contribution in [0.4, 0.5) is 10.5 Å². The summed E-state index contributed by atoms with van der Waals surface area (Å²) in [6.07, 6.45) is 3.48. The Hall–Kier alpha value is -1.65. The molecule has 2 rings (SSSR count). The minimum Gasteiger partial charge on any atom is -0.303 e. The van der Waals surface area contributed by atoms with Crippen molar-refractivity contribution >= 4 is 17.4 Å². The van der Waals surface area contributed by atoms with Gasteiger partial charge in [-0.15, -0.1) is 0 Å². The molecule has 1 aromatic heterocycles. The van der Waals surface area contributed by atoms with E-state index in [0.29, 0.717) is 5.69 Å². The van der Waals surface area contributed by atoms with Gasteiger partial charge >= 0.3 is 6.03 Å². The summed E-state index contributed by atoms with van der Waals surface area (Å²) in [7, 11) is 0. The summed E-state index contributed by atoms with van der Waals surface area (Å²) in [6.45, 7) is 1.84. The number of amides is 2. The number of nitrogens with one attached hydrogen (secondary N) is 2. The molecule has 0 aliphatic heterocycles. The maximum Gasteiger partial charge on any atom is 0.345 e. The van der Waals surface area contributed by atoms with Crippen LogP contribution in [-0.4, -0.2) is 21.9 Å². The minimum atomic E-state index is -0.308. The van der Waals surface area contributed by atoms with Crippen LogP contribution in [0.15, 0.2) is 11.2 Å². The Bertz CT molecular complexity index is 360. The number of aliphatic imine (C=N–C) groups is 1. The lowest BCUT2D eigenvalue weighted by molar-refractivity contribution is 0.259. The molecule has 0 spiro atoms. The number of rotatable bonds is 1. The standard InChI is InChI=1S/C8H10N4O/c1-5-7(4-9-12-5)11-8(13)10-6-2-3-6/h4H,2-3H2,1H3,(H,9,12)(H,11,13). The zero-order valence-electron chi connectivity index (χ0n) is 7.29. The summed E-state index contributed by atoms with van der Waals surface area (Å²) in [5.41, 5.74) is 2.50. The number of aryl methyl sites for hydroxylation is 1. The van der Waals surface area contributed by atoms with Crippen molar-refractivity contribution < 1.29 is 4.79 Å². The van der Waals surface area contributed by atoms with Gasteiger partial charge in [0.05, 0.1) is 17.6 Å². The first-order chi connectivity index (χ1) is 6.25. The summed E-state index contributed by atoms with van der Waals surface area (Å²) in [6, 6.07) is -0.308. The molecule has 5 heteroatoms. The predicted molar refractivity (Wildman–Crippen MR) is 49.0 cm³/mol. The number of urea groups is 1. The zero-order chi connectivity index (χ0) is 9.26. The van der Waals surface area contributed by atoms with Crippen LogP contribution in [0.2, 0.25) is 0 Å². The molecule has 0 radical (unpaired) electrons. The van der Waals surface area contributed by atoms with Crippen molar-refractivity contribution in [2.75, 3.05) is 5.32 Å². The number of nitrogens with zero attached hydrogens (tertiary/aromatic N) is 2. The first-order valence-electron chi connectivity index (χ1n) is 4.13. The molecule has 1 aliphatic rings. The van der Waals surface area contributed by atoms with Gasteiger partial charge in [0.1, 0.15) is 0 Å². The van der Waals surface area contributed by atoms with Gasteiger partial charge in [-0.25, -0.2) is 9.79 Å². The van der Waals surface area contributed by atoms with Crippen molar-refractivity contribution in [3.8, 4) is 0 Å². The van der Waals surface area contributed by atoms with E-state index in [1.807, 2.05) is 6.92 Å². The molecule has 1 aliphatic carbocycles. The number of carbonyl (C=O) groups is 1. The highest BCUT2D eigenvalue weighted by atomic mass is 16.2. The van der Waals surface area contributed by atoms with Gasteiger partial charge in [0.2, 0.25) is 0 Å². The van der Waals surface area contributed by atoms with Crippen LogP contribution < -0.4 is 5.32 Å². The first-order valence-corrected chi connectivity index (χ1v) is 4.13. The van der Waals surface area contributed by atoms with Crippen molar-refractivity contribution in [3.63, 3.8) is 0 Å². The van der Waals surface area contributed by atoms with E-state index < -0.39 is 0 Å². The Balaban J connectivity index is 2.01. The molecule has 1 heterocycles. The van der Waals surface area contributed by atoms with E-state index in [9.17, 15) is 4.79 Å². The van der Waals surface area contributed by atoms with Crippen molar-refractivity contribution in [2.45, 2.75) is 19.8 Å². The van der Waals surface area contributed by atoms with Crippen molar-refractivity contribution in [2.24, 2.45) is 4.99 Å². The third-order valence-corrected chi connectivity index (χ3v) is 1.80. The average molecular weight is 178 g/mol. The maximum absolute atomic E-state index is 11.2. The Morgan fingerprint density at radius 1 is 1.69 bits per heavy atom. The minimum absolute atomic E-state index is 0.308. The number of anilines is 1. The van der Waals surface area contributed by atoms with Gasteiger partial charge in [-0.05, 0) is 19.8 Å². The molecule has 1 fully saturated rings. The highest BCUT2D eigenvalue weighted by Crippen LogP contribution is 2.15. The van der Waals surface area contributed by atoms with Gasteiger partial charge in [-0.3, -0.25) is 5.10 Å². The molecule has 0 bridgehead atoms. The molecule has 0 aromatic carbocycles. The van der Waals surface area contributed by atoms with Gasteiger partial charge in [-0.1, -0.05) is 0 Å². The Morgan fingerprint density at radius 2 is 2.46 bits per heavy atom. The van der Waals surface area contributed by atoms with Gasteiger partial charge in [0, 0.05) is 5.71 Å². The maximum atomic E-state index is 11.2. The summed E-state index contributed by atoms with van der Waals surface area (Å²) >= 11 is 0. The zero-order valence-corrected chi connectivity index (χ0v) is 7.29. The van der Waals surface area contributed by atoms with E-state index in [1.54, 1.807) is 6.20 Å². The normalized spacial score (nSPS) is 14.1. The average Bonchev–Trinajstić information content (AvgIpc) is 2.79. The SMILES string of the molecule is Cc1[nH]ncc1NC(=O)N=C1CC1.